The number of aliphatic hydroxyl groups excluding tert-OH is 1. The smallest absolute Gasteiger partial charge is 0.305 e. The number of hydrogen-bond acceptors (Lipinski definition) is 4. The van der Waals surface area contributed by atoms with E-state index in [1.54, 1.807) is 0 Å². The number of rotatable bonds is 7. The molecule has 1 heterocycles. The third kappa shape index (κ3) is 6.64. The van der Waals surface area contributed by atoms with Gasteiger partial charge in [0.25, 0.3) is 0 Å². The van der Waals surface area contributed by atoms with Gasteiger partial charge in [-0.3, -0.25) is 4.79 Å². The fourth-order valence-electron chi connectivity index (χ4n) is 2.00. The standard InChI is InChI=1S/C13H24O4/c1-2-5-13(15)17-8-4-3-6-12-10-11(14)7-9-16-12/h11-12,14H,2-10H2,1H3. The minimum atomic E-state index is -0.198. The normalized spacial score (nSPS) is 24.6. The van der Waals surface area contributed by atoms with Crippen LogP contribution in [0.1, 0.15) is 51.9 Å². The lowest BCUT2D eigenvalue weighted by Gasteiger charge is -2.26. The molecule has 1 saturated heterocycles. The number of aliphatic hydroxyl groups is 1. The number of carbonyl (C=O) groups is 1. The van der Waals surface area contributed by atoms with Gasteiger partial charge in [-0.1, -0.05) is 6.92 Å². The van der Waals surface area contributed by atoms with E-state index in [0.717, 1.165) is 38.5 Å². The van der Waals surface area contributed by atoms with E-state index in [0.29, 0.717) is 19.6 Å². The molecule has 0 bridgehead atoms. The molecule has 4 heteroatoms. The number of unbranched alkanes of at least 4 members (excludes halogenated alkanes) is 1. The molecule has 1 aliphatic heterocycles. The van der Waals surface area contributed by atoms with Crippen LogP contribution in [0.3, 0.4) is 0 Å². The summed E-state index contributed by atoms with van der Waals surface area (Å²) in [6.45, 7) is 3.14. The van der Waals surface area contributed by atoms with E-state index >= 15 is 0 Å². The molecule has 0 aromatic rings. The first-order valence-corrected chi connectivity index (χ1v) is 6.67. The van der Waals surface area contributed by atoms with E-state index < -0.39 is 0 Å². The fraction of sp³-hybridized carbons (Fsp3) is 0.923. The van der Waals surface area contributed by atoms with E-state index in [1.165, 1.54) is 0 Å². The van der Waals surface area contributed by atoms with Crippen LogP contribution in [0.2, 0.25) is 0 Å². The molecule has 0 radical (unpaired) electrons. The molecule has 1 rings (SSSR count). The Morgan fingerprint density at radius 2 is 2.29 bits per heavy atom. The van der Waals surface area contributed by atoms with Crippen LogP contribution in [0.4, 0.5) is 0 Å². The third-order valence-electron chi connectivity index (χ3n) is 2.98. The molecule has 0 amide bonds. The van der Waals surface area contributed by atoms with Gasteiger partial charge < -0.3 is 14.6 Å². The van der Waals surface area contributed by atoms with Gasteiger partial charge in [-0.25, -0.2) is 0 Å². The van der Waals surface area contributed by atoms with Crippen molar-refractivity contribution in [3.05, 3.63) is 0 Å². The van der Waals surface area contributed by atoms with Crippen LogP contribution in [-0.4, -0.2) is 36.5 Å². The van der Waals surface area contributed by atoms with Crippen LogP contribution in [0.5, 0.6) is 0 Å². The maximum absolute atomic E-state index is 11.1. The molecule has 0 aliphatic carbocycles. The lowest BCUT2D eigenvalue weighted by atomic mass is 10.0. The van der Waals surface area contributed by atoms with Crippen molar-refractivity contribution in [1.29, 1.82) is 0 Å². The molecule has 2 atom stereocenters. The van der Waals surface area contributed by atoms with Crippen molar-refractivity contribution in [2.75, 3.05) is 13.2 Å². The molecule has 4 nitrogen and oxygen atoms in total. The van der Waals surface area contributed by atoms with Crippen molar-refractivity contribution in [1.82, 2.24) is 0 Å². The molecule has 1 fully saturated rings. The molecule has 100 valence electrons. The molecular weight excluding hydrogens is 220 g/mol. The second-order valence-corrected chi connectivity index (χ2v) is 4.64. The van der Waals surface area contributed by atoms with Gasteiger partial charge in [0.2, 0.25) is 0 Å². The van der Waals surface area contributed by atoms with Gasteiger partial charge in [-0.15, -0.1) is 0 Å². The molecule has 1 N–H and O–H groups in total. The zero-order chi connectivity index (χ0) is 12.5. The van der Waals surface area contributed by atoms with Crippen LogP contribution in [0.15, 0.2) is 0 Å². The van der Waals surface area contributed by atoms with Crippen molar-refractivity contribution < 1.29 is 19.4 Å². The highest BCUT2D eigenvalue weighted by Crippen LogP contribution is 2.18. The molecule has 0 aromatic carbocycles. The van der Waals surface area contributed by atoms with Crippen LogP contribution in [0.25, 0.3) is 0 Å². The van der Waals surface area contributed by atoms with Crippen LogP contribution >= 0.6 is 0 Å². The van der Waals surface area contributed by atoms with Crippen LogP contribution in [0, 0.1) is 0 Å². The Labute approximate surface area is 103 Å². The highest BCUT2D eigenvalue weighted by atomic mass is 16.5. The quantitative estimate of drug-likeness (QED) is 0.550. The number of carbonyl (C=O) groups excluding carboxylic acids is 1. The minimum absolute atomic E-state index is 0.100. The molecule has 2 unspecified atom stereocenters. The van der Waals surface area contributed by atoms with Gasteiger partial charge >= 0.3 is 5.97 Å². The molecule has 1 aliphatic rings. The highest BCUT2D eigenvalue weighted by Gasteiger charge is 2.19. The van der Waals surface area contributed by atoms with Crippen molar-refractivity contribution in [3.63, 3.8) is 0 Å². The Hall–Kier alpha value is -0.610. The van der Waals surface area contributed by atoms with E-state index in [1.807, 2.05) is 6.92 Å². The minimum Gasteiger partial charge on any atom is -0.466 e. The fourth-order valence-corrected chi connectivity index (χ4v) is 2.00. The number of esters is 1. The third-order valence-corrected chi connectivity index (χ3v) is 2.98. The predicted octanol–water partition coefficient (Wildman–Crippen LogP) is 2.04. The average molecular weight is 244 g/mol. The van der Waals surface area contributed by atoms with Gasteiger partial charge in [0.1, 0.15) is 0 Å². The first-order valence-electron chi connectivity index (χ1n) is 6.67. The molecule has 0 spiro atoms. The summed E-state index contributed by atoms with van der Waals surface area (Å²) in [6.07, 6.45) is 5.65. The largest absolute Gasteiger partial charge is 0.466 e. The van der Waals surface area contributed by atoms with Gasteiger partial charge in [0, 0.05) is 13.0 Å². The summed E-state index contributed by atoms with van der Waals surface area (Å²) in [5.41, 5.74) is 0. The molecule has 0 saturated carbocycles. The Kier molecular flexibility index (Phi) is 7.21. The Balaban J connectivity index is 1.95. The Morgan fingerprint density at radius 1 is 1.47 bits per heavy atom. The number of hydrogen-bond donors (Lipinski definition) is 1. The summed E-state index contributed by atoms with van der Waals surface area (Å²) in [6, 6.07) is 0. The van der Waals surface area contributed by atoms with Gasteiger partial charge in [-0.2, -0.15) is 0 Å². The van der Waals surface area contributed by atoms with Gasteiger partial charge in [0.05, 0.1) is 18.8 Å². The topological polar surface area (TPSA) is 55.8 Å². The maximum Gasteiger partial charge on any atom is 0.305 e. The van der Waals surface area contributed by atoms with Crippen molar-refractivity contribution in [2.45, 2.75) is 64.1 Å². The monoisotopic (exact) mass is 244 g/mol. The first-order chi connectivity index (χ1) is 8.22. The average Bonchev–Trinajstić information content (AvgIpc) is 2.29. The van der Waals surface area contributed by atoms with Gasteiger partial charge in [0.15, 0.2) is 0 Å². The first kappa shape index (κ1) is 14.5. The zero-order valence-electron chi connectivity index (χ0n) is 10.7. The Bertz CT molecular complexity index is 217. The molecular formula is C13H24O4. The maximum atomic E-state index is 11.1. The van der Waals surface area contributed by atoms with E-state index in [-0.39, 0.29) is 18.2 Å². The zero-order valence-corrected chi connectivity index (χ0v) is 10.7. The van der Waals surface area contributed by atoms with E-state index in [4.69, 9.17) is 9.47 Å². The van der Waals surface area contributed by atoms with Crippen LogP contribution < -0.4 is 0 Å². The van der Waals surface area contributed by atoms with E-state index in [2.05, 4.69) is 0 Å². The van der Waals surface area contributed by atoms with Crippen molar-refractivity contribution in [2.24, 2.45) is 0 Å². The SMILES string of the molecule is CCCC(=O)OCCCCC1CC(O)CCO1. The van der Waals surface area contributed by atoms with Crippen LogP contribution in [-0.2, 0) is 14.3 Å². The lowest BCUT2D eigenvalue weighted by molar-refractivity contribution is -0.143. The summed E-state index contributed by atoms with van der Waals surface area (Å²) >= 11 is 0. The van der Waals surface area contributed by atoms with Crippen molar-refractivity contribution >= 4 is 5.97 Å². The second kappa shape index (κ2) is 8.48. The highest BCUT2D eigenvalue weighted by molar-refractivity contribution is 5.69. The summed E-state index contributed by atoms with van der Waals surface area (Å²) in [7, 11) is 0. The number of ether oxygens (including phenoxy) is 2. The lowest BCUT2D eigenvalue weighted by Crippen LogP contribution is -2.28. The second-order valence-electron chi connectivity index (χ2n) is 4.64. The Morgan fingerprint density at radius 3 is 3.00 bits per heavy atom. The van der Waals surface area contributed by atoms with E-state index in [9.17, 15) is 9.90 Å². The van der Waals surface area contributed by atoms with Gasteiger partial charge in [-0.05, 0) is 38.5 Å². The van der Waals surface area contributed by atoms with Crippen molar-refractivity contribution in [3.8, 4) is 0 Å². The summed E-state index contributed by atoms with van der Waals surface area (Å²) in [5.74, 6) is -0.100. The predicted molar refractivity (Wildman–Crippen MR) is 64.7 cm³/mol. The summed E-state index contributed by atoms with van der Waals surface area (Å²) in [5, 5.41) is 9.46. The molecule has 0 aromatic heterocycles. The summed E-state index contributed by atoms with van der Waals surface area (Å²) in [4.78, 5) is 11.1. The summed E-state index contributed by atoms with van der Waals surface area (Å²) < 4.78 is 10.6. The molecule has 17 heavy (non-hydrogen) atoms.